The lowest BCUT2D eigenvalue weighted by Gasteiger charge is -2.27. The Morgan fingerprint density at radius 1 is 1.20 bits per heavy atom. The molecule has 0 aliphatic carbocycles. The summed E-state index contributed by atoms with van der Waals surface area (Å²) in [5.41, 5.74) is 1.27. The summed E-state index contributed by atoms with van der Waals surface area (Å²) >= 11 is 0. The van der Waals surface area contributed by atoms with Gasteiger partial charge in [-0.2, -0.15) is 0 Å². The maximum atomic E-state index is 4.57. The van der Waals surface area contributed by atoms with Crippen LogP contribution in [0, 0.1) is 0 Å². The van der Waals surface area contributed by atoms with Crippen molar-refractivity contribution in [2.75, 3.05) is 11.4 Å². The molecule has 0 amide bonds. The van der Waals surface area contributed by atoms with Crippen LogP contribution < -0.4 is 10.2 Å². The Kier molecular flexibility index (Phi) is 4.97. The van der Waals surface area contributed by atoms with E-state index in [4.69, 9.17) is 0 Å². The van der Waals surface area contributed by atoms with Crippen LogP contribution in [0.3, 0.4) is 0 Å². The van der Waals surface area contributed by atoms with Crippen molar-refractivity contribution in [1.82, 2.24) is 15.3 Å². The van der Waals surface area contributed by atoms with E-state index >= 15 is 0 Å². The zero-order valence-electron chi connectivity index (χ0n) is 13.3. The van der Waals surface area contributed by atoms with Gasteiger partial charge in [0.25, 0.3) is 0 Å². The van der Waals surface area contributed by atoms with Gasteiger partial charge in [-0.05, 0) is 40.5 Å². The van der Waals surface area contributed by atoms with Crippen LogP contribution in [-0.2, 0) is 6.54 Å². The topological polar surface area (TPSA) is 41.1 Å². The third-order valence-electron chi connectivity index (χ3n) is 3.82. The first-order chi connectivity index (χ1) is 9.46. The van der Waals surface area contributed by atoms with Gasteiger partial charge in [-0.3, -0.25) is 0 Å². The van der Waals surface area contributed by atoms with Crippen LogP contribution in [0.2, 0.25) is 0 Å². The summed E-state index contributed by atoms with van der Waals surface area (Å²) in [5, 5.41) is 3.46. The molecule has 4 heteroatoms. The molecule has 1 aromatic rings. The molecule has 2 rings (SSSR count). The molecule has 1 aromatic heterocycles. The summed E-state index contributed by atoms with van der Waals surface area (Å²) in [6.07, 6.45) is 9.06. The van der Waals surface area contributed by atoms with Crippen molar-refractivity contribution in [3.05, 3.63) is 18.0 Å². The van der Waals surface area contributed by atoms with Gasteiger partial charge < -0.3 is 10.2 Å². The van der Waals surface area contributed by atoms with Crippen LogP contribution in [-0.4, -0.2) is 28.1 Å². The Labute approximate surface area is 123 Å². The van der Waals surface area contributed by atoms with Crippen LogP contribution in [0.25, 0.3) is 0 Å². The van der Waals surface area contributed by atoms with Gasteiger partial charge in [0.2, 0.25) is 5.95 Å². The second-order valence-electron chi connectivity index (χ2n) is 6.89. The van der Waals surface area contributed by atoms with Crippen molar-refractivity contribution in [3.8, 4) is 0 Å². The van der Waals surface area contributed by atoms with Crippen LogP contribution in [0.4, 0.5) is 5.95 Å². The fraction of sp³-hybridized carbons (Fsp3) is 0.750. The fourth-order valence-electron chi connectivity index (χ4n) is 2.53. The Morgan fingerprint density at radius 2 is 1.90 bits per heavy atom. The van der Waals surface area contributed by atoms with E-state index in [0.717, 1.165) is 24.6 Å². The predicted octanol–water partition coefficient (Wildman–Crippen LogP) is 3.13. The lowest BCUT2D eigenvalue weighted by atomic mass is 10.1. The van der Waals surface area contributed by atoms with Gasteiger partial charge in [0.15, 0.2) is 0 Å². The van der Waals surface area contributed by atoms with Gasteiger partial charge in [-0.15, -0.1) is 0 Å². The third-order valence-corrected chi connectivity index (χ3v) is 3.82. The standard InChI is InChI=1S/C16H28N4/c1-13-8-6-5-7-9-20(13)15-17-10-14(11-18-15)12-19-16(2,3)4/h10-11,13,19H,5-9,12H2,1-4H3. The second kappa shape index (κ2) is 6.53. The first-order valence-corrected chi connectivity index (χ1v) is 7.78. The van der Waals surface area contributed by atoms with Crippen molar-refractivity contribution in [1.29, 1.82) is 0 Å². The molecule has 1 atom stereocenters. The molecular formula is C16H28N4. The monoisotopic (exact) mass is 276 g/mol. The lowest BCUT2D eigenvalue weighted by Crippen LogP contribution is -2.35. The largest absolute Gasteiger partial charge is 0.338 e. The highest BCUT2D eigenvalue weighted by Crippen LogP contribution is 2.20. The normalized spacial score (nSPS) is 20.8. The van der Waals surface area contributed by atoms with E-state index < -0.39 is 0 Å². The molecule has 1 aliphatic heterocycles. The minimum Gasteiger partial charge on any atom is -0.338 e. The molecule has 1 N–H and O–H groups in total. The molecule has 0 aromatic carbocycles. The van der Waals surface area contributed by atoms with Crippen molar-refractivity contribution in [3.63, 3.8) is 0 Å². The van der Waals surface area contributed by atoms with Crippen molar-refractivity contribution in [2.45, 2.75) is 71.5 Å². The van der Waals surface area contributed by atoms with Gasteiger partial charge >= 0.3 is 0 Å². The predicted molar refractivity (Wildman–Crippen MR) is 83.9 cm³/mol. The van der Waals surface area contributed by atoms with Gasteiger partial charge in [-0.1, -0.05) is 12.8 Å². The Bertz CT molecular complexity index is 407. The molecule has 0 saturated carbocycles. The van der Waals surface area contributed by atoms with Gasteiger partial charge in [0, 0.05) is 42.6 Å². The number of hydrogen-bond acceptors (Lipinski definition) is 4. The number of aromatic nitrogens is 2. The highest BCUT2D eigenvalue weighted by atomic mass is 15.3. The van der Waals surface area contributed by atoms with E-state index in [1.165, 1.54) is 25.7 Å². The number of anilines is 1. The van der Waals surface area contributed by atoms with Crippen LogP contribution in [0.1, 0.15) is 58.9 Å². The van der Waals surface area contributed by atoms with Crippen LogP contribution in [0.5, 0.6) is 0 Å². The lowest BCUT2D eigenvalue weighted by molar-refractivity contribution is 0.423. The van der Waals surface area contributed by atoms with E-state index in [2.05, 4.69) is 47.9 Å². The summed E-state index contributed by atoms with van der Waals surface area (Å²) in [6, 6.07) is 0.552. The summed E-state index contributed by atoms with van der Waals surface area (Å²) in [5.74, 6) is 0.888. The maximum Gasteiger partial charge on any atom is 0.225 e. The van der Waals surface area contributed by atoms with E-state index in [-0.39, 0.29) is 5.54 Å². The highest BCUT2D eigenvalue weighted by molar-refractivity contribution is 5.31. The maximum absolute atomic E-state index is 4.57. The number of nitrogens with zero attached hydrogens (tertiary/aromatic N) is 3. The third kappa shape index (κ3) is 4.44. The van der Waals surface area contributed by atoms with Crippen molar-refractivity contribution in [2.24, 2.45) is 0 Å². The minimum absolute atomic E-state index is 0.123. The van der Waals surface area contributed by atoms with Crippen LogP contribution in [0.15, 0.2) is 12.4 Å². The first-order valence-electron chi connectivity index (χ1n) is 7.78. The fourth-order valence-corrected chi connectivity index (χ4v) is 2.53. The van der Waals surface area contributed by atoms with Crippen molar-refractivity contribution < 1.29 is 0 Å². The number of rotatable bonds is 3. The minimum atomic E-state index is 0.123. The Hall–Kier alpha value is -1.16. The van der Waals surface area contributed by atoms with Crippen LogP contribution >= 0.6 is 0 Å². The average Bonchev–Trinajstić information content (AvgIpc) is 2.61. The quantitative estimate of drug-likeness (QED) is 0.921. The molecule has 1 saturated heterocycles. The van der Waals surface area contributed by atoms with Gasteiger partial charge in [0.05, 0.1) is 0 Å². The molecule has 2 heterocycles. The van der Waals surface area contributed by atoms with E-state index in [1.807, 2.05) is 12.4 Å². The summed E-state index contributed by atoms with van der Waals surface area (Å²) in [6.45, 7) is 10.7. The second-order valence-corrected chi connectivity index (χ2v) is 6.89. The number of hydrogen-bond donors (Lipinski definition) is 1. The average molecular weight is 276 g/mol. The zero-order valence-corrected chi connectivity index (χ0v) is 13.3. The Morgan fingerprint density at radius 3 is 2.55 bits per heavy atom. The summed E-state index contributed by atoms with van der Waals surface area (Å²) in [4.78, 5) is 11.5. The summed E-state index contributed by atoms with van der Waals surface area (Å²) < 4.78 is 0. The summed E-state index contributed by atoms with van der Waals surface area (Å²) in [7, 11) is 0. The Balaban J connectivity index is 2.00. The van der Waals surface area contributed by atoms with Gasteiger partial charge in [0.1, 0.15) is 0 Å². The van der Waals surface area contributed by atoms with Gasteiger partial charge in [-0.25, -0.2) is 9.97 Å². The smallest absolute Gasteiger partial charge is 0.225 e. The molecule has 0 bridgehead atoms. The molecule has 20 heavy (non-hydrogen) atoms. The first kappa shape index (κ1) is 15.2. The molecule has 1 fully saturated rings. The molecule has 1 unspecified atom stereocenters. The molecule has 4 nitrogen and oxygen atoms in total. The molecular weight excluding hydrogens is 248 g/mol. The zero-order chi connectivity index (χ0) is 14.6. The molecule has 0 spiro atoms. The molecule has 1 aliphatic rings. The molecule has 112 valence electrons. The number of nitrogens with one attached hydrogen (secondary N) is 1. The molecule has 0 radical (unpaired) electrons. The SMILES string of the molecule is CC1CCCCCN1c1ncc(CNC(C)(C)C)cn1. The van der Waals surface area contributed by atoms with E-state index in [9.17, 15) is 0 Å². The van der Waals surface area contributed by atoms with Crippen molar-refractivity contribution >= 4 is 5.95 Å². The highest BCUT2D eigenvalue weighted by Gasteiger charge is 2.19. The van der Waals surface area contributed by atoms with E-state index in [0.29, 0.717) is 6.04 Å². The van der Waals surface area contributed by atoms with E-state index in [1.54, 1.807) is 0 Å².